The van der Waals surface area contributed by atoms with Gasteiger partial charge >= 0.3 is 23.9 Å². The van der Waals surface area contributed by atoms with Crippen molar-refractivity contribution in [3.63, 3.8) is 0 Å². The zero-order chi connectivity index (χ0) is 22.5. The molecule has 0 aromatic carbocycles. The highest BCUT2D eigenvalue weighted by atomic mass is 16.5. The van der Waals surface area contributed by atoms with Gasteiger partial charge in [-0.2, -0.15) is 0 Å². The standard InChI is InChI=1S/C22H36O8/c1-3-5-7-9-11-29-21(27)17-13-15(19(23)24)16(20(25)26)14-18(17)22(28)30-12-10-8-6-4-2/h15-18H,3-14H2,1-2H3,(H,23,24)(H,25,26). The molecule has 0 saturated heterocycles. The van der Waals surface area contributed by atoms with Crippen LogP contribution in [-0.2, 0) is 28.7 Å². The van der Waals surface area contributed by atoms with E-state index < -0.39 is 47.5 Å². The number of carboxylic acids is 2. The van der Waals surface area contributed by atoms with Gasteiger partial charge in [-0.3, -0.25) is 19.2 Å². The van der Waals surface area contributed by atoms with Crippen LogP contribution in [0.2, 0.25) is 0 Å². The van der Waals surface area contributed by atoms with E-state index in [1.54, 1.807) is 0 Å². The average Bonchev–Trinajstić information content (AvgIpc) is 2.71. The number of ether oxygens (including phenoxy) is 2. The second kappa shape index (κ2) is 14.0. The Hall–Kier alpha value is -2.12. The number of carboxylic acid groups (broad SMARTS) is 2. The first kappa shape index (κ1) is 25.9. The fourth-order valence-electron chi connectivity index (χ4n) is 3.89. The highest BCUT2D eigenvalue weighted by Gasteiger charge is 2.50. The van der Waals surface area contributed by atoms with E-state index in [0.29, 0.717) is 12.8 Å². The SMILES string of the molecule is CCCCCCOC(=O)C1CC(C(=O)O)C(C(=O)O)CC1C(=O)OCCCCCC. The van der Waals surface area contributed by atoms with Gasteiger partial charge in [-0.05, 0) is 25.7 Å². The largest absolute Gasteiger partial charge is 0.481 e. The fourth-order valence-corrected chi connectivity index (χ4v) is 3.89. The zero-order valence-corrected chi connectivity index (χ0v) is 18.1. The maximum Gasteiger partial charge on any atom is 0.309 e. The van der Waals surface area contributed by atoms with Crippen LogP contribution in [0.4, 0.5) is 0 Å². The van der Waals surface area contributed by atoms with Crippen LogP contribution in [0.1, 0.15) is 78.1 Å². The molecule has 1 aliphatic rings. The Morgan fingerprint density at radius 2 is 1.00 bits per heavy atom. The van der Waals surface area contributed by atoms with E-state index in [1.807, 2.05) is 0 Å². The molecule has 1 saturated carbocycles. The summed E-state index contributed by atoms with van der Waals surface area (Å²) >= 11 is 0. The van der Waals surface area contributed by atoms with Crippen molar-refractivity contribution < 1.29 is 38.9 Å². The van der Waals surface area contributed by atoms with E-state index in [4.69, 9.17) is 9.47 Å². The Morgan fingerprint density at radius 3 is 1.30 bits per heavy atom. The number of hydrogen-bond acceptors (Lipinski definition) is 6. The van der Waals surface area contributed by atoms with Crippen molar-refractivity contribution in [2.45, 2.75) is 78.1 Å². The fraction of sp³-hybridized carbons (Fsp3) is 0.818. The van der Waals surface area contributed by atoms with Gasteiger partial charge in [0.15, 0.2) is 0 Å². The van der Waals surface area contributed by atoms with E-state index >= 15 is 0 Å². The molecule has 0 amide bonds. The van der Waals surface area contributed by atoms with Gasteiger partial charge < -0.3 is 19.7 Å². The maximum atomic E-state index is 12.6. The van der Waals surface area contributed by atoms with E-state index in [-0.39, 0.29) is 26.1 Å². The molecule has 4 unspecified atom stereocenters. The highest BCUT2D eigenvalue weighted by molar-refractivity contribution is 5.86. The zero-order valence-electron chi connectivity index (χ0n) is 18.1. The van der Waals surface area contributed by atoms with Gasteiger partial charge in [-0.1, -0.05) is 52.4 Å². The summed E-state index contributed by atoms with van der Waals surface area (Å²) in [6.45, 7) is 4.54. The summed E-state index contributed by atoms with van der Waals surface area (Å²) in [7, 11) is 0. The Bertz CT molecular complexity index is 523. The van der Waals surface area contributed by atoms with E-state index in [2.05, 4.69) is 13.8 Å². The molecule has 0 aromatic rings. The number of carbonyl (C=O) groups is 4. The number of esters is 2. The Labute approximate surface area is 178 Å². The molecular weight excluding hydrogens is 392 g/mol. The number of unbranched alkanes of at least 4 members (excludes halogenated alkanes) is 6. The normalized spacial score (nSPS) is 23.5. The maximum absolute atomic E-state index is 12.6. The minimum atomic E-state index is -1.28. The number of aliphatic carboxylic acids is 2. The van der Waals surface area contributed by atoms with Gasteiger partial charge in [-0.25, -0.2) is 0 Å². The predicted molar refractivity (Wildman–Crippen MR) is 109 cm³/mol. The van der Waals surface area contributed by atoms with E-state index in [9.17, 15) is 29.4 Å². The van der Waals surface area contributed by atoms with Gasteiger partial charge in [0.05, 0.1) is 36.9 Å². The van der Waals surface area contributed by atoms with Crippen LogP contribution in [0.15, 0.2) is 0 Å². The van der Waals surface area contributed by atoms with Crippen molar-refractivity contribution in [2.24, 2.45) is 23.7 Å². The van der Waals surface area contributed by atoms with Gasteiger partial charge in [-0.15, -0.1) is 0 Å². The lowest BCUT2D eigenvalue weighted by Gasteiger charge is -2.35. The first-order chi connectivity index (χ1) is 14.3. The van der Waals surface area contributed by atoms with Crippen molar-refractivity contribution in [1.82, 2.24) is 0 Å². The second-order valence-electron chi connectivity index (χ2n) is 8.03. The van der Waals surface area contributed by atoms with Crippen LogP contribution >= 0.6 is 0 Å². The molecule has 0 radical (unpaired) electrons. The third kappa shape index (κ3) is 8.32. The molecule has 8 nitrogen and oxygen atoms in total. The summed E-state index contributed by atoms with van der Waals surface area (Å²) in [5, 5.41) is 18.9. The third-order valence-electron chi connectivity index (χ3n) is 5.71. The molecule has 2 N–H and O–H groups in total. The summed E-state index contributed by atoms with van der Waals surface area (Å²) in [6.07, 6.45) is 6.86. The monoisotopic (exact) mass is 428 g/mol. The first-order valence-electron chi connectivity index (χ1n) is 11.1. The lowest BCUT2D eigenvalue weighted by atomic mass is 9.68. The second-order valence-corrected chi connectivity index (χ2v) is 8.03. The molecule has 0 aromatic heterocycles. The molecule has 0 spiro atoms. The summed E-state index contributed by atoms with van der Waals surface area (Å²) < 4.78 is 10.6. The average molecular weight is 429 g/mol. The van der Waals surface area contributed by atoms with Crippen LogP contribution in [0.5, 0.6) is 0 Å². The van der Waals surface area contributed by atoms with Crippen LogP contribution in [0.25, 0.3) is 0 Å². The minimum absolute atomic E-state index is 0.203. The van der Waals surface area contributed by atoms with Crippen molar-refractivity contribution in [3.05, 3.63) is 0 Å². The number of rotatable bonds is 14. The van der Waals surface area contributed by atoms with Gasteiger partial charge in [0, 0.05) is 0 Å². The molecule has 172 valence electrons. The molecule has 0 bridgehead atoms. The minimum Gasteiger partial charge on any atom is -0.481 e. The molecule has 1 rings (SSSR count). The molecule has 1 aliphatic carbocycles. The lowest BCUT2D eigenvalue weighted by molar-refractivity contribution is -0.172. The molecule has 0 aliphatic heterocycles. The molecule has 30 heavy (non-hydrogen) atoms. The van der Waals surface area contributed by atoms with Crippen LogP contribution < -0.4 is 0 Å². The highest BCUT2D eigenvalue weighted by Crippen LogP contribution is 2.40. The summed E-state index contributed by atoms with van der Waals surface area (Å²) in [6, 6.07) is 0. The quantitative estimate of drug-likeness (QED) is 0.317. The Kier molecular flexibility index (Phi) is 12.1. The Morgan fingerprint density at radius 1 is 0.633 bits per heavy atom. The summed E-state index contributed by atoms with van der Waals surface area (Å²) in [4.78, 5) is 48.4. The van der Waals surface area contributed by atoms with Crippen molar-refractivity contribution in [1.29, 1.82) is 0 Å². The molecule has 8 heteroatoms. The van der Waals surface area contributed by atoms with E-state index in [1.165, 1.54) is 0 Å². The van der Waals surface area contributed by atoms with Gasteiger partial charge in [0.2, 0.25) is 0 Å². The predicted octanol–water partition coefficient (Wildman–Crippen LogP) is 3.66. The number of carbonyl (C=O) groups excluding carboxylic acids is 2. The van der Waals surface area contributed by atoms with Crippen LogP contribution in [0, 0.1) is 23.7 Å². The van der Waals surface area contributed by atoms with Gasteiger partial charge in [0.1, 0.15) is 0 Å². The summed E-state index contributed by atoms with van der Waals surface area (Å²) in [5.74, 6) is -8.34. The van der Waals surface area contributed by atoms with Crippen molar-refractivity contribution in [3.8, 4) is 0 Å². The molecule has 4 atom stereocenters. The third-order valence-corrected chi connectivity index (χ3v) is 5.71. The van der Waals surface area contributed by atoms with Crippen molar-refractivity contribution >= 4 is 23.9 Å². The molecule has 0 heterocycles. The topological polar surface area (TPSA) is 127 Å². The molecule has 1 fully saturated rings. The first-order valence-corrected chi connectivity index (χ1v) is 11.1. The summed E-state index contributed by atoms with van der Waals surface area (Å²) in [5.41, 5.74) is 0. The van der Waals surface area contributed by atoms with Crippen LogP contribution in [-0.4, -0.2) is 47.3 Å². The van der Waals surface area contributed by atoms with Gasteiger partial charge in [0.25, 0.3) is 0 Å². The van der Waals surface area contributed by atoms with Crippen molar-refractivity contribution in [2.75, 3.05) is 13.2 Å². The number of hydrogen-bond donors (Lipinski definition) is 2. The molecular formula is C22H36O8. The smallest absolute Gasteiger partial charge is 0.309 e. The lowest BCUT2D eigenvalue weighted by Crippen LogP contribution is -2.46. The van der Waals surface area contributed by atoms with E-state index in [0.717, 1.165) is 38.5 Å². The Balaban J connectivity index is 2.82. The van der Waals surface area contributed by atoms with Crippen LogP contribution in [0.3, 0.4) is 0 Å².